The van der Waals surface area contributed by atoms with Crippen molar-refractivity contribution in [2.45, 2.75) is 27.2 Å². The average molecular weight is 294 g/mol. The minimum Gasteiger partial charge on any atom is -0.331 e. The summed E-state index contributed by atoms with van der Waals surface area (Å²) >= 11 is 0. The molecule has 3 aliphatic heterocycles. The molecular weight excluding hydrogens is 276 g/mol. The van der Waals surface area contributed by atoms with E-state index in [9.17, 15) is 14.4 Å². The Labute approximate surface area is 122 Å². The normalized spacial score (nSPS) is 19.0. The number of hydrogen-bond acceptors (Lipinski definition) is 5. The van der Waals surface area contributed by atoms with Gasteiger partial charge in [-0.1, -0.05) is 0 Å². The fourth-order valence-electron chi connectivity index (χ4n) is 1.40. The zero-order chi connectivity index (χ0) is 15.8. The quantitative estimate of drug-likeness (QED) is 0.562. The van der Waals surface area contributed by atoms with Gasteiger partial charge in [0.25, 0.3) is 0 Å². The van der Waals surface area contributed by atoms with Crippen LogP contribution in [0.2, 0.25) is 0 Å². The molecular formula is C12H18N6O3. The fourth-order valence-corrected chi connectivity index (χ4v) is 1.40. The van der Waals surface area contributed by atoms with Crippen LogP contribution < -0.4 is 16.1 Å². The second-order valence-corrected chi connectivity index (χ2v) is 4.51. The van der Waals surface area contributed by atoms with Gasteiger partial charge in [-0.3, -0.25) is 14.6 Å². The number of hydrazone groups is 1. The van der Waals surface area contributed by atoms with Gasteiger partial charge < -0.3 is 10.6 Å². The van der Waals surface area contributed by atoms with Gasteiger partial charge in [0.05, 0.1) is 13.0 Å². The lowest BCUT2D eigenvalue weighted by molar-refractivity contribution is -0.119. The van der Waals surface area contributed by atoms with E-state index in [2.05, 4.69) is 31.1 Å². The Morgan fingerprint density at radius 2 is 1.71 bits per heavy atom. The molecule has 9 nitrogen and oxygen atoms in total. The lowest BCUT2D eigenvalue weighted by Crippen LogP contribution is -2.21. The number of hydrogen-bond donors (Lipinski definition) is 3. The van der Waals surface area contributed by atoms with E-state index in [1.165, 1.54) is 0 Å². The summed E-state index contributed by atoms with van der Waals surface area (Å²) in [5.74, 6) is 0.722. The van der Waals surface area contributed by atoms with E-state index in [4.69, 9.17) is 0 Å². The predicted octanol–water partition coefficient (Wildman–Crippen LogP) is -0.413. The number of carbonyl (C=O) groups is 3. The van der Waals surface area contributed by atoms with E-state index in [1.54, 1.807) is 6.92 Å². The van der Waals surface area contributed by atoms with Crippen LogP contribution in [0.3, 0.4) is 0 Å². The SMILES string of the molecule is CC1=NC(=O)NC1.CC1=NCC(=O)N1.CC1=NNC(=O)C1. The maximum Gasteiger partial charge on any atom is 0.341 e. The highest BCUT2D eigenvalue weighted by molar-refractivity contribution is 6.03. The van der Waals surface area contributed by atoms with E-state index in [-0.39, 0.29) is 17.8 Å². The molecule has 0 fully saturated rings. The Bertz CT molecular complexity index is 503. The van der Waals surface area contributed by atoms with Crippen LogP contribution in [0.4, 0.5) is 4.79 Å². The highest BCUT2D eigenvalue weighted by Crippen LogP contribution is 1.91. The summed E-state index contributed by atoms with van der Waals surface area (Å²) in [4.78, 5) is 37.9. The molecule has 0 atom stereocenters. The van der Waals surface area contributed by atoms with Gasteiger partial charge in [0.2, 0.25) is 11.8 Å². The maximum atomic E-state index is 10.2. The summed E-state index contributed by atoms with van der Waals surface area (Å²) in [7, 11) is 0. The minimum atomic E-state index is -0.211. The number of aliphatic imine (C=N–C) groups is 2. The lowest BCUT2D eigenvalue weighted by atomic mass is 10.3. The van der Waals surface area contributed by atoms with E-state index >= 15 is 0 Å². The van der Waals surface area contributed by atoms with E-state index < -0.39 is 0 Å². The number of rotatable bonds is 0. The molecule has 3 N–H and O–H groups in total. The number of carbonyl (C=O) groups excluding carboxylic acids is 3. The largest absolute Gasteiger partial charge is 0.341 e. The van der Waals surface area contributed by atoms with Crippen molar-refractivity contribution in [2.24, 2.45) is 15.1 Å². The number of urea groups is 1. The van der Waals surface area contributed by atoms with Crippen LogP contribution in [-0.4, -0.2) is 48.2 Å². The first-order chi connectivity index (χ1) is 9.86. The molecule has 0 spiro atoms. The third kappa shape index (κ3) is 6.95. The predicted molar refractivity (Wildman–Crippen MR) is 78.5 cm³/mol. The fraction of sp³-hybridized carbons (Fsp3) is 0.500. The molecule has 3 rings (SSSR count). The molecule has 0 saturated heterocycles. The van der Waals surface area contributed by atoms with Crippen molar-refractivity contribution in [1.82, 2.24) is 16.1 Å². The Morgan fingerprint density at radius 1 is 1.00 bits per heavy atom. The zero-order valence-corrected chi connectivity index (χ0v) is 12.2. The Balaban J connectivity index is 0.000000157. The average Bonchev–Trinajstić information content (AvgIpc) is 3.06. The first kappa shape index (κ1) is 16.5. The first-order valence-electron chi connectivity index (χ1n) is 6.31. The van der Waals surface area contributed by atoms with E-state index in [0.717, 1.165) is 17.3 Å². The highest BCUT2D eigenvalue weighted by Gasteiger charge is 2.08. The summed E-state index contributed by atoms with van der Waals surface area (Å²) in [6.45, 7) is 6.34. The van der Waals surface area contributed by atoms with Gasteiger partial charge >= 0.3 is 6.03 Å². The molecule has 3 heterocycles. The Kier molecular flexibility index (Phi) is 6.18. The van der Waals surface area contributed by atoms with Crippen LogP contribution in [0, 0.1) is 0 Å². The summed E-state index contributed by atoms with van der Waals surface area (Å²) < 4.78 is 0. The van der Waals surface area contributed by atoms with Gasteiger partial charge in [0.15, 0.2) is 0 Å². The van der Waals surface area contributed by atoms with Crippen LogP contribution in [-0.2, 0) is 9.59 Å². The summed E-state index contributed by atoms with van der Waals surface area (Å²) in [5, 5.41) is 8.69. The molecule has 0 aliphatic carbocycles. The van der Waals surface area contributed by atoms with Crippen LogP contribution in [0.25, 0.3) is 0 Å². The number of nitrogens with zero attached hydrogens (tertiary/aromatic N) is 3. The lowest BCUT2D eigenvalue weighted by Gasteiger charge is -1.84. The third-order valence-corrected chi connectivity index (χ3v) is 2.36. The van der Waals surface area contributed by atoms with Crippen LogP contribution in [0.5, 0.6) is 0 Å². The molecule has 0 aromatic rings. The smallest absolute Gasteiger partial charge is 0.331 e. The van der Waals surface area contributed by atoms with Crippen LogP contribution >= 0.6 is 0 Å². The molecule has 114 valence electrons. The third-order valence-electron chi connectivity index (χ3n) is 2.36. The summed E-state index contributed by atoms with van der Waals surface area (Å²) in [6, 6.07) is -0.211. The molecule has 4 amide bonds. The van der Waals surface area contributed by atoms with Gasteiger partial charge in [0.1, 0.15) is 12.4 Å². The first-order valence-corrected chi connectivity index (χ1v) is 6.31. The molecule has 0 saturated carbocycles. The van der Waals surface area contributed by atoms with E-state index in [0.29, 0.717) is 19.5 Å². The van der Waals surface area contributed by atoms with Gasteiger partial charge in [-0.05, 0) is 20.8 Å². The molecule has 0 unspecified atom stereocenters. The van der Waals surface area contributed by atoms with Crippen LogP contribution in [0.15, 0.2) is 15.1 Å². The number of amidine groups is 1. The summed E-state index contributed by atoms with van der Waals surface area (Å²) in [5.41, 5.74) is 4.05. The van der Waals surface area contributed by atoms with Crippen LogP contribution in [0.1, 0.15) is 27.2 Å². The van der Waals surface area contributed by atoms with Crippen molar-refractivity contribution in [2.75, 3.05) is 13.1 Å². The van der Waals surface area contributed by atoms with Crippen molar-refractivity contribution in [3.8, 4) is 0 Å². The molecule has 0 bridgehead atoms. The van der Waals surface area contributed by atoms with Gasteiger partial charge in [0, 0.05) is 11.4 Å². The van der Waals surface area contributed by atoms with Crippen molar-refractivity contribution >= 4 is 35.1 Å². The molecule has 3 aliphatic rings. The van der Waals surface area contributed by atoms with Crippen molar-refractivity contribution in [3.63, 3.8) is 0 Å². The molecule has 0 aromatic heterocycles. The highest BCUT2D eigenvalue weighted by atomic mass is 16.2. The molecule has 0 aromatic carbocycles. The monoisotopic (exact) mass is 294 g/mol. The Morgan fingerprint density at radius 3 is 1.86 bits per heavy atom. The topological polar surface area (TPSA) is 124 Å². The number of amides is 4. The van der Waals surface area contributed by atoms with Gasteiger partial charge in [-0.25, -0.2) is 15.2 Å². The van der Waals surface area contributed by atoms with E-state index in [1.807, 2.05) is 13.8 Å². The molecule has 21 heavy (non-hydrogen) atoms. The maximum absolute atomic E-state index is 10.2. The standard InChI is InChI=1S/3C4H6N2O/c1-3-5-2-4(7)6-3;1-3-2-5-4(7)6-3;1-3-2-4(7)6-5-3/h2H2,1H3,(H,5,6,7);2H2,1H3,(H,5,7);2H2,1H3,(H,6,7). The number of nitrogens with one attached hydrogen (secondary N) is 3. The van der Waals surface area contributed by atoms with Crippen molar-refractivity contribution < 1.29 is 14.4 Å². The minimum absolute atomic E-state index is 0.00231. The molecule has 9 heteroatoms. The second kappa shape index (κ2) is 7.88. The second-order valence-electron chi connectivity index (χ2n) is 4.51. The van der Waals surface area contributed by atoms with Crippen molar-refractivity contribution in [3.05, 3.63) is 0 Å². The summed E-state index contributed by atoms with van der Waals surface area (Å²) in [6.07, 6.45) is 0.472. The Hall–Kier alpha value is -2.58. The van der Waals surface area contributed by atoms with Gasteiger partial charge in [-0.2, -0.15) is 5.10 Å². The van der Waals surface area contributed by atoms with Crippen molar-refractivity contribution in [1.29, 1.82) is 0 Å². The molecule has 0 radical (unpaired) electrons. The van der Waals surface area contributed by atoms with Gasteiger partial charge in [-0.15, -0.1) is 0 Å². The zero-order valence-electron chi connectivity index (χ0n) is 12.2.